The zero-order chi connectivity index (χ0) is 13.7. The molecule has 118 valence electrons. The van der Waals surface area contributed by atoms with E-state index in [9.17, 15) is 4.79 Å². The maximum absolute atomic E-state index is 12.5. The van der Waals surface area contributed by atoms with E-state index < -0.39 is 0 Å². The van der Waals surface area contributed by atoms with Gasteiger partial charge < -0.3 is 11.1 Å². The average molecular weight is 303 g/mol. The predicted octanol–water partition coefficient (Wildman–Crippen LogP) is 3.54. The van der Waals surface area contributed by atoms with Crippen LogP contribution in [0.15, 0.2) is 0 Å². The van der Waals surface area contributed by atoms with Gasteiger partial charge in [0.2, 0.25) is 5.91 Å². The fraction of sp³-hybridized carbons (Fsp3) is 0.938. The van der Waals surface area contributed by atoms with Crippen LogP contribution >= 0.6 is 12.4 Å². The second kappa shape index (κ2) is 8.23. The van der Waals surface area contributed by atoms with Gasteiger partial charge in [0.05, 0.1) is 5.92 Å². The molecule has 0 saturated heterocycles. The third-order valence-corrected chi connectivity index (χ3v) is 5.02. The summed E-state index contributed by atoms with van der Waals surface area (Å²) in [4.78, 5) is 12.5. The van der Waals surface area contributed by atoms with Gasteiger partial charge in [0, 0.05) is 11.6 Å². The van der Waals surface area contributed by atoms with Gasteiger partial charge in [-0.3, -0.25) is 4.79 Å². The predicted molar refractivity (Wildman–Crippen MR) is 86.0 cm³/mol. The van der Waals surface area contributed by atoms with Crippen molar-refractivity contribution >= 4 is 18.3 Å². The monoisotopic (exact) mass is 302 g/mol. The highest BCUT2D eigenvalue weighted by Gasteiger charge is 2.38. The number of rotatable bonds is 2. The first kappa shape index (κ1) is 17.8. The molecule has 0 spiro atoms. The van der Waals surface area contributed by atoms with Crippen molar-refractivity contribution in [2.45, 2.75) is 89.1 Å². The van der Waals surface area contributed by atoms with Crippen molar-refractivity contribution in [3.8, 4) is 0 Å². The Labute approximate surface area is 129 Å². The molecule has 2 rings (SSSR count). The van der Waals surface area contributed by atoms with Gasteiger partial charge in [-0.15, -0.1) is 12.4 Å². The molecule has 1 amide bonds. The third-order valence-electron chi connectivity index (χ3n) is 5.02. The highest BCUT2D eigenvalue weighted by molar-refractivity contribution is 5.85. The molecule has 0 aromatic carbocycles. The Morgan fingerprint density at radius 2 is 1.55 bits per heavy atom. The summed E-state index contributed by atoms with van der Waals surface area (Å²) in [5.41, 5.74) is 6.02. The maximum Gasteiger partial charge on any atom is 0.225 e. The molecule has 2 unspecified atom stereocenters. The van der Waals surface area contributed by atoms with Crippen molar-refractivity contribution < 1.29 is 4.79 Å². The molecule has 4 heteroatoms. The first-order chi connectivity index (χ1) is 9.09. The Hall–Kier alpha value is -0.280. The van der Waals surface area contributed by atoms with E-state index in [1.165, 1.54) is 38.5 Å². The number of nitrogens with one attached hydrogen (secondary N) is 1. The smallest absolute Gasteiger partial charge is 0.225 e. The highest BCUT2D eigenvalue weighted by Crippen LogP contribution is 2.32. The molecule has 2 aliphatic carbocycles. The first-order valence-corrected chi connectivity index (χ1v) is 8.19. The summed E-state index contributed by atoms with van der Waals surface area (Å²) >= 11 is 0. The highest BCUT2D eigenvalue weighted by atomic mass is 35.5. The van der Waals surface area contributed by atoms with E-state index in [0.29, 0.717) is 6.04 Å². The largest absolute Gasteiger partial charge is 0.353 e. The van der Waals surface area contributed by atoms with Crippen LogP contribution < -0.4 is 11.1 Å². The van der Waals surface area contributed by atoms with Crippen LogP contribution in [-0.2, 0) is 4.79 Å². The summed E-state index contributed by atoms with van der Waals surface area (Å²) in [6, 6.07) is 0.394. The van der Waals surface area contributed by atoms with Crippen molar-refractivity contribution in [3.63, 3.8) is 0 Å². The molecule has 3 N–H and O–H groups in total. The van der Waals surface area contributed by atoms with E-state index in [-0.39, 0.29) is 29.8 Å². The van der Waals surface area contributed by atoms with Crippen molar-refractivity contribution in [2.24, 2.45) is 11.7 Å². The Morgan fingerprint density at radius 1 is 1.00 bits per heavy atom. The molecule has 3 nitrogen and oxygen atoms in total. The number of nitrogens with two attached hydrogens (primary N) is 1. The van der Waals surface area contributed by atoms with Crippen LogP contribution in [-0.4, -0.2) is 17.5 Å². The number of carbonyl (C=O) groups is 1. The maximum atomic E-state index is 12.5. The Morgan fingerprint density at radius 3 is 2.15 bits per heavy atom. The van der Waals surface area contributed by atoms with Crippen molar-refractivity contribution in [1.29, 1.82) is 0 Å². The molecule has 0 aliphatic heterocycles. The summed E-state index contributed by atoms with van der Waals surface area (Å²) in [6.45, 7) is 2.05. The van der Waals surface area contributed by atoms with Crippen molar-refractivity contribution in [2.75, 3.05) is 0 Å². The van der Waals surface area contributed by atoms with Crippen LogP contribution in [0, 0.1) is 5.92 Å². The second-order valence-corrected chi connectivity index (χ2v) is 6.85. The van der Waals surface area contributed by atoms with Crippen LogP contribution in [0.1, 0.15) is 77.6 Å². The minimum Gasteiger partial charge on any atom is -0.353 e. The van der Waals surface area contributed by atoms with Gasteiger partial charge in [-0.1, -0.05) is 44.9 Å². The lowest BCUT2D eigenvalue weighted by molar-refractivity contribution is -0.129. The molecule has 2 aliphatic rings. The van der Waals surface area contributed by atoms with Crippen LogP contribution in [0.4, 0.5) is 0 Å². The Balaban J connectivity index is 0.00000200. The van der Waals surface area contributed by atoms with E-state index in [4.69, 9.17) is 5.73 Å². The number of amides is 1. The Kier molecular flexibility index (Phi) is 7.32. The molecule has 2 fully saturated rings. The zero-order valence-corrected chi connectivity index (χ0v) is 13.6. The van der Waals surface area contributed by atoms with Gasteiger partial charge in [0.25, 0.3) is 0 Å². The molecule has 0 radical (unpaired) electrons. The SMILES string of the molecule is CC1(N)CCCCC1C(=O)NC1CCCCCCC1.Cl. The van der Waals surface area contributed by atoms with Gasteiger partial charge in [-0.05, 0) is 32.6 Å². The van der Waals surface area contributed by atoms with Crippen molar-refractivity contribution in [1.82, 2.24) is 5.32 Å². The molecule has 20 heavy (non-hydrogen) atoms. The second-order valence-electron chi connectivity index (χ2n) is 6.85. The van der Waals surface area contributed by atoms with Gasteiger partial charge in [0.1, 0.15) is 0 Å². The van der Waals surface area contributed by atoms with Gasteiger partial charge in [0.15, 0.2) is 0 Å². The van der Waals surface area contributed by atoms with E-state index in [0.717, 1.165) is 32.1 Å². The average Bonchev–Trinajstić information content (AvgIpc) is 2.31. The molecule has 2 saturated carbocycles. The molecule has 2 atom stereocenters. The van der Waals surface area contributed by atoms with E-state index >= 15 is 0 Å². The van der Waals surface area contributed by atoms with Crippen LogP contribution in [0.3, 0.4) is 0 Å². The van der Waals surface area contributed by atoms with Crippen LogP contribution in [0.2, 0.25) is 0 Å². The molecule has 0 aromatic rings. The lowest BCUT2D eigenvalue weighted by Crippen LogP contribution is -2.54. The topological polar surface area (TPSA) is 55.1 Å². The minimum absolute atomic E-state index is 0. The molecule has 0 heterocycles. The van der Waals surface area contributed by atoms with Crippen molar-refractivity contribution in [3.05, 3.63) is 0 Å². The van der Waals surface area contributed by atoms with E-state index in [1.807, 2.05) is 0 Å². The van der Waals surface area contributed by atoms with Crippen LogP contribution in [0.25, 0.3) is 0 Å². The number of hydrogen-bond acceptors (Lipinski definition) is 2. The number of carbonyl (C=O) groups excluding carboxylic acids is 1. The molecule has 0 aromatic heterocycles. The summed E-state index contributed by atoms with van der Waals surface area (Å²) in [7, 11) is 0. The minimum atomic E-state index is -0.302. The third kappa shape index (κ3) is 4.92. The van der Waals surface area contributed by atoms with Gasteiger partial charge in [-0.2, -0.15) is 0 Å². The lowest BCUT2D eigenvalue weighted by Gasteiger charge is -2.38. The number of halogens is 1. The van der Waals surface area contributed by atoms with Gasteiger partial charge >= 0.3 is 0 Å². The summed E-state index contributed by atoms with van der Waals surface area (Å²) in [5, 5.41) is 3.29. The quantitative estimate of drug-likeness (QED) is 0.819. The summed E-state index contributed by atoms with van der Waals surface area (Å²) < 4.78 is 0. The number of hydrogen-bond donors (Lipinski definition) is 2. The van der Waals surface area contributed by atoms with E-state index in [2.05, 4.69) is 12.2 Å². The fourth-order valence-electron chi connectivity index (χ4n) is 3.69. The Bertz CT molecular complexity index is 299. The normalized spacial score (nSPS) is 32.6. The molecular formula is C16H31ClN2O. The van der Waals surface area contributed by atoms with Gasteiger partial charge in [-0.25, -0.2) is 0 Å². The van der Waals surface area contributed by atoms with Crippen LogP contribution in [0.5, 0.6) is 0 Å². The lowest BCUT2D eigenvalue weighted by atomic mass is 9.74. The fourth-order valence-corrected chi connectivity index (χ4v) is 3.69. The molecular weight excluding hydrogens is 272 g/mol. The van der Waals surface area contributed by atoms with E-state index in [1.54, 1.807) is 0 Å². The summed E-state index contributed by atoms with van der Waals surface area (Å²) in [6.07, 6.45) is 13.1. The summed E-state index contributed by atoms with van der Waals surface area (Å²) in [5.74, 6) is 0.238. The standard InChI is InChI=1S/C16H30N2O.ClH/c1-16(17)12-8-7-11-14(16)15(19)18-13-9-5-3-2-4-6-10-13;/h13-14H,2-12,17H2,1H3,(H,18,19);1H. The zero-order valence-electron chi connectivity index (χ0n) is 12.8. The first-order valence-electron chi connectivity index (χ1n) is 8.19. The molecule has 0 bridgehead atoms.